The summed E-state index contributed by atoms with van der Waals surface area (Å²) in [4.78, 5) is 14.7. The predicted octanol–water partition coefficient (Wildman–Crippen LogP) is 3.78. The molecule has 0 spiro atoms. The van der Waals surface area contributed by atoms with Crippen LogP contribution in [0.4, 0.5) is 5.69 Å². The summed E-state index contributed by atoms with van der Waals surface area (Å²) in [5.74, 6) is 1.12. The van der Waals surface area contributed by atoms with E-state index in [1.54, 1.807) is 6.07 Å². The molecule has 18 heavy (non-hydrogen) atoms. The third-order valence-electron chi connectivity index (χ3n) is 3.55. The van der Waals surface area contributed by atoms with E-state index in [1.807, 2.05) is 0 Å². The van der Waals surface area contributed by atoms with Crippen molar-refractivity contribution in [2.24, 2.45) is 0 Å². The van der Waals surface area contributed by atoms with Crippen molar-refractivity contribution in [1.29, 1.82) is 0 Å². The molecule has 0 radical (unpaired) electrons. The van der Waals surface area contributed by atoms with E-state index in [-0.39, 0.29) is 5.69 Å². The smallest absolute Gasteiger partial charge is 0.273 e. The van der Waals surface area contributed by atoms with Crippen LogP contribution in [0.5, 0.6) is 0 Å². The first kappa shape index (κ1) is 11.2. The average molecular weight is 246 g/mol. The molecular weight excluding hydrogens is 232 g/mol. The molecule has 3 rings (SSSR count). The van der Waals surface area contributed by atoms with Gasteiger partial charge in [-0.2, -0.15) is 0 Å². The van der Waals surface area contributed by atoms with Crippen LogP contribution in [0.25, 0.3) is 11.1 Å². The zero-order valence-electron chi connectivity index (χ0n) is 9.96. The molecule has 5 nitrogen and oxygen atoms in total. The molecule has 1 saturated carbocycles. The highest BCUT2D eigenvalue weighted by Gasteiger charge is 2.21. The fourth-order valence-corrected chi connectivity index (χ4v) is 2.57. The Labute approximate surface area is 104 Å². The van der Waals surface area contributed by atoms with Gasteiger partial charge in [0.1, 0.15) is 5.52 Å². The van der Waals surface area contributed by atoms with Gasteiger partial charge in [0, 0.05) is 12.0 Å². The number of hydrogen-bond donors (Lipinski definition) is 0. The second-order valence-electron chi connectivity index (χ2n) is 4.80. The number of fused-ring (bicyclic) bond motifs is 1. The fourth-order valence-electron chi connectivity index (χ4n) is 2.57. The van der Waals surface area contributed by atoms with Crippen LogP contribution in [0.2, 0.25) is 0 Å². The van der Waals surface area contributed by atoms with E-state index in [1.165, 1.54) is 31.4 Å². The Balaban J connectivity index is 1.97. The first-order chi connectivity index (χ1) is 8.74. The third-order valence-corrected chi connectivity index (χ3v) is 3.55. The van der Waals surface area contributed by atoms with Gasteiger partial charge in [-0.05, 0) is 18.9 Å². The summed E-state index contributed by atoms with van der Waals surface area (Å²) in [7, 11) is 0. The van der Waals surface area contributed by atoms with Crippen molar-refractivity contribution in [3.63, 3.8) is 0 Å². The lowest BCUT2D eigenvalue weighted by Gasteiger charge is -2.17. The van der Waals surface area contributed by atoms with Crippen LogP contribution >= 0.6 is 0 Å². The van der Waals surface area contributed by atoms with Crippen molar-refractivity contribution in [3.05, 3.63) is 34.2 Å². The van der Waals surface area contributed by atoms with Gasteiger partial charge in [0.2, 0.25) is 0 Å². The summed E-state index contributed by atoms with van der Waals surface area (Å²) in [6.07, 6.45) is 5.92. The van der Waals surface area contributed by atoms with Crippen molar-refractivity contribution < 1.29 is 9.34 Å². The zero-order valence-corrected chi connectivity index (χ0v) is 9.96. The largest absolute Gasteiger partial charge is 0.440 e. The van der Waals surface area contributed by atoms with Crippen LogP contribution < -0.4 is 0 Å². The number of non-ortho nitro benzene ring substituents is 1. The molecule has 0 bridgehead atoms. The average Bonchev–Trinajstić information content (AvgIpc) is 2.82. The van der Waals surface area contributed by atoms with E-state index in [9.17, 15) is 10.1 Å². The topological polar surface area (TPSA) is 69.2 Å². The lowest BCUT2D eigenvalue weighted by Crippen LogP contribution is -2.04. The Hall–Kier alpha value is -1.91. The van der Waals surface area contributed by atoms with Gasteiger partial charge in [0.05, 0.1) is 11.0 Å². The molecule has 1 aliphatic carbocycles. The Kier molecular flexibility index (Phi) is 2.74. The highest BCUT2D eigenvalue weighted by molar-refractivity contribution is 5.75. The molecule has 1 fully saturated rings. The highest BCUT2D eigenvalue weighted by atomic mass is 16.6. The van der Waals surface area contributed by atoms with Crippen molar-refractivity contribution in [2.75, 3.05) is 0 Å². The van der Waals surface area contributed by atoms with Crippen LogP contribution in [0.15, 0.2) is 22.6 Å². The van der Waals surface area contributed by atoms with Gasteiger partial charge in [-0.3, -0.25) is 10.1 Å². The van der Waals surface area contributed by atoms with Crippen molar-refractivity contribution in [3.8, 4) is 0 Å². The van der Waals surface area contributed by atoms with Gasteiger partial charge >= 0.3 is 0 Å². The maximum Gasteiger partial charge on any atom is 0.273 e. The van der Waals surface area contributed by atoms with Crippen LogP contribution in [0.1, 0.15) is 43.9 Å². The van der Waals surface area contributed by atoms with Gasteiger partial charge in [0.25, 0.3) is 5.69 Å². The van der Waals surface area contributed by atoms with E-state index in [0.717, 1.165) is 18.7 Å². The van der Waals surface area contributed by atoms with E-state index in [0.29, 0.717) is 17.0 Å². The molecule has 0 atom stereocenters. The molecule has 1 heterocycles. The number of nitro groups is 1. The first-order valence-corrected chi connectivity index (χ1v) is 6.29. The van der Waals surface area contributed by atoms with E-state index in [2.05, 4.69) is 4.98 Å². The molecular formula is C13H14N2O3. The van der Waals surface area contributed by atoms with Crippen LogP contribution in [-0.4, -0.2) is 9.91 Å². The van der Waals surface area contributed by atoms with Crippen molar-refractivity contribution >= 4 is 16.8 Å². The second kappa shape index (κ2) is 4.40. The van der Waals surface area contributed by atoms with E-state index in [4.69, 9.17) is 4.42 Å². The maximum atomic E-state index is 10.7. The Morgan fingerprint density at radius 3 is 2.78 bits per heavy atom. The highest BCUT2D eigenvalue weighted by Crippen LogP contribution is 2.34. The van der Waals surface area contributed by atoms with Gasteiger partial charge in [-0.1, -0.05) is 19.3 Å². The third kappa shape index (κ3) is 1.96. The molecule has 0 aliphatic heterocycles. The Bertz CT molecular complexity index is 585. The van der Waals surface area contributed by atoms with Crippen LogP contribution in [0.3, 0.4) is 0 Å². The molecule has 1 aliphatic rings. The summed E-state index contributed by atoms with van der Waals surface area (Å²) in [6.45, 7) is 0. The molecule has 94 valence electrons. The molecule has 0 amide bonds. The number of nitrogens with zero attached hydrogens (tertiary/aromatic N) is 2. The SMILES string of the molecule is O=[N+]([O-])c1ccc2nc(C3CCCCC3)oc2c1. The number of nitro benzene ring substituents is 1. The Morgan fingerprint density at radius 1 is 1.28 bits per heavy atom. The van der Waals surface area contributed by atoms with E-state index >= 15 is 0 Å². The minimum Gasteiger partial charge on any atom is -0.440 e. The van der Waals surface area contributed by atoms with Gasteiger partial charge in [-0.25, -0.2) is 4.98 Å². The molecule has 0 N–H and O–H groups in total. The van der Waals surface area contributed by atoms with Gasteiger partial charge in [-0.15, -0.1) is 0 Å². The summed E-state index contributed by atoms with van der Waals surface area (Å²) in [5, 5.41) is 10.7. The minimum atomic E-state index is -0.414. The number of hydrogen-bond acceptors (Lipinski definition) is 4. The van der Waals surface area contributed by atoms with E-state index < -0.39 is 4.92 Å². The molecule has 1 aromatic heterocycles. The fraction of sp³-hybridized carbons (Fsp3) is 0.462. The van der Waals surface area contributed by atoms with Crippen LogP contribution in [0, 0.1) is 10.1 Å². The molecule has 0 saturated heterocycles. The summed E-state index contributed by atoms with van der Waals surface area (Å²) in [6, 6.07) is 4.58. The van der Waals surface area contributed by atoms with Gasteiger partial charge in [0.15, 0.2) is 11.5 Å². The van der Waals surface area contributed by atoms with Crippen molar-refractivity contribution in [2.45, 2.75) is 38.0 Å². The number of rotatable bonds is 2. The molecule has 1 aromatic carbocycles. The first-order valence-electron chi connectivity index (χ1n) is 6.29. The zero-order chi connectivity index (χ0) is 12.5. The molecule has 0 unspecified atom stereocenters. The monoisotopic (exact) mass is 246 g/mol. The molecule has 2 aromatic rings. The van der Waals surface area contributed by atoms with Crippen molar-refractivity contribution in [1.82, 2.24) is 4.98 Å². The Morgan fingerprint density at radius 2 is 2.06 bits per heavy atom. The summed E-state index contributed by atoms with van der Waals surface area (Å²) < 4.78 is 5.68. The summed E-state index contributed by atoms with van der Waals surface area (Å²) in [5.41, 5.74) is 1.28. The van der Waals surface area contributed by atoms with Crippen LogP contribution in [-0.2, 0) is 0 Å². The maximum absolute atomic E-state index is 10.7. The lowest BCUT2D eigenvalue weighted by atomic mass is 9.89. The standard InChI is InChI=1S/C13H14N2O3/c16-15(17)10-6-7-11-12(8-10)18-13(14-11)9-4-2-1-3-5-9/h6-9H,1-5H2. The second-order valence-corrected chi connectivity index (χ2v) is 4.80. The predicted molar refractivity (Wildman–Crippen MR) is 66.5 cm³/mol. The number of oxazole rings is 1. The normalized spacial score (nSPS) is 17.1. The lowest BCUT2D eigenvalue weighted by molar-refractivity contribution is -0.384. The van der Waals surface area contributed by atoms with Gasteiger partial charge < -0.3 is 4.42 Å². The molecule has 5 heteroatoms. The number of aromatic nitrogens is 1. The summed E-state index contributed by atoms with van der Waals surface area (Å²) >= 11 is 0. The number of benzene rings is 1. The minimum absolute atomic E-state index is 0.0499. The quantitative estimate of drug-likeness (QED) is 0.597.